The van der Waals surface area contributed by atoms with Crippen LogP contribution in [-0.4, -0.2) is 42.2 Å². The van der Waals surface area contributed by atoms with Crippen molar-refractivity contribution in [3.63, 3.8) is 0 Å². The van der Waals surface area contributed by atoms with Crippen LogP contribution in [0.15, 0.2) is 0 Å². The zero-order chi connectivity index (χ0) is 23.9. The normalized spacial score (nSPS) is 18.4. The summed E-state index contributed by atoms with van der Waals surface area (Å²) in [5.41, 5.74) is -0.755. The van der Waals surface area contributed by atoms with Crippen molar-refractivity contribution in [3.8, 4) is 0 Å². The van der Waals surface area contributed by atoms with Crippen molar-refractivity contribution in [1.82, 2.24) is 0 Å². The van der Waals surface area contributed by atoms with Gasteiger partial charge in [-0.2, -0.15) is 0 Å². The molecular weight excluding hydrogens is 394 g/mol. The number of rotatable bonds is 19. The van der Waals surface area contributed by atoms with Crippen molar-refractivity contribution in [3.05, 3.63) is 0 Å². The molecule has 0 aromatic carbocycles. The van der Waals surface area contributed by atoms with Crippen molar-refractivity contribution in [1.29, 1.82) is 0 Å². The van der Waals surface area contributed by atoms with Crippen LogP contribution in [0.25, 0.3) is 0 Å². The number of carboxylic acids is 1. The van der Waals surface area contributed by atoms with Gasteiger partial charge in [0.1, 0.15) is 0 Å². The number of hydrogen-bond acceptors (Lipinski definition) is 1. The zero-order valence-corrected chi connectivity index (χ0v) is 22.7. The van der Waals surface area contributed by atoms with Crippen LogP contribution >= 0.6 is 0 Å². The average Bonchev–Trinajstić information content (AvgIpc) is 2.75. The summed E-state index contributed by atoms with van der Waals surface area (Å²) in [5, 5.41) is 10.3. The molecule has 0 amide bonds. The highest BCUT2D eigenvalue weighted by Gasteiger charge is 2.61. The van der Waals surface area contributed by atoms with E-state index in [4.69, 9.17) is 0 Å². The number of aliphatic carboxylic acids is 1. The molecule has 190 valence electrons. The molecule has 0 heterocycles. The molecule has 1 saturated carbocycles. The molecule has 0 aliphatic heterocycles. The minimum absolute atomic E-state index is 0.0497. The molecule has 1 N–H and O–H groups in total. The molecule has 1 atom stereocenters. The number of carboxylic acid groups (broad SMARTS) is 1. The van der Waals surface area contributed by atoms with Gasteiger partial charge in [0.15, 0.2) is 5.54 Å². The predicted molar refractivity (Wildman–Crippen MR) is 139 cm³/mol. The monoisotopic (exact) mass is 452 g/mol. The van der Waals surface area contributed by atoms with E-state index in [1.165, 1.54) is 116 Å². The number of hydrogen-bond donors (Lipinski definition) is 1. The number of likely N-dealkylation sites (N-methyl/N-ethyl adjacent to an activating group) is 1. The molecule has 0 aromatic heterocycles. The van der Waals surface area contributed by atoms with Gasteiger partial charge in [-0.15, -0.1) is 0 Å². The van der Waals surface area contributed by atoms with Crippen molar-refractivity contribution >= 4 is 5.97 Å². The smallest absolute Gasteiger partial charge is 0.366 e. The van der Waals surface area contributed by atoms with Gasteiger partial charge in [0.2, 0.25) is 0 Å². The van der Waals surface area contributed by atoms with Crippen LogP contribution < -0.4 is 0 Å². The van der Waals surface area contributed by atoms with E-state index in [0.717, 1.165) is 19.3 Å². The third kappa shape index (κ3) is 8.99. The second-order valence-corrected chi connectivity index (χ2v) is 11.9. The first-order valence-electron chi connectivity index (χ1n) is 14.3. The molecule has 1 aliphatic rings. The first-order valence-corrected chi connectivity index (χ1v) is 14.3. The standard InChI is InChI=1S/C29H57NO2/c1-6-7-8-9-10-11-12-13-14-15-16-17-18-19-21-24-29(25-22-20-23-26-29)28(2,27(31)32)30(3,4)5/h6-26H2,1-5H3/p+1. The molecule has 0 radical (unpaired) electrons. The Balaban J connectivity index is 2.24. The van der Waals surface area contributed by atoms with E-state index < -0.39 is 11.5 Å². The van der Waals surface area contributed by atoms with Crippen molar-refractivity contribution < 1.29 is 14.4 Å². The Hall–Kier alpha value is -0.570. The Morgan fingerprint density at radius 3 is 1.44 bits per heavy atom. The summed E-state index contributed by atoms with van der Waals surface area (Å²) in [6, 6.07) is 0. The summed E-state index contributed by atoms with van der Waals surface area (Å²) in [4.78, 5) is 12.5. The summed E-state index contributed by atoms with van der Waals surface area (Å²) in [6.07, 6.45) is 27.6. The maximum atomic E-state index is 12.5. The Morgan fingerprint density at radius 2 is 1.09 bits per heavy atom. The molecule has 3 nitrogen and oxygen atoms in total. The van der Waals surface area contributed by atoms with Gasteiger partial charge in [0.25, 0.3) is 0 Å². The average molecular weight is 453 g/mol. The molecule has 1 unspecified atom stereocenters. The first kappa shape index (κ1) is 29.5. The quantitative estimate of drug-likeness (QED) is 0.157. The van der Waals surface area contributed by atoms with E-state index in [0.29, 0.717) is 4.48 Å². The van der Waals surface area contributed by atoms with Crippen molar-refractivity contribution in [2.24, 2.45) is 5.41 Å². The zero-order valence-electron chi connectivity index (χ0n) is 22.7. The fourth-order valence-corrected chi connectivity index (χ4v) is 6.27. The maximum Gasteiger partial charge on any atom is 0.366 e. The second-order valence-electron chi connectivity index (χ2n) is 11.9. The van der Waals surface area contributed by atoms with Gasteiger partial charge >= 0.3 is 5.97 Å². The minimum Gasteiger partial charge on any atom is -0.477 e. The van der Waals surface area contributed by atoms with Crippen molar-refractivity contribution in [2.45, 2.75) is 154 Å². The van der Waals surface area contributed by atoms with Crippen LogP contribution in [0.4, 0.5) is 0 Å². The van der Waals surface area contributed by atoms with E-state index in [1.807, 2.05) is 6.92 Å². The lowest BCUT2D eigenvalue weighted by Crippen LogP contribution is -2.69. The summed E-state index contributed by atoms with van der Waals surface area (Å²) >= 11 is 0. The topological polar surface area (TPSA) is 37.3 Å². The number of unbranched alkanes of at least 4 members (excludes halogenated alkanes) is 14. The summed E-state index contributed by atoms with van der Waals surface area (Å²) in [5.74, 6) is -0.604. The van der Waals surface area contributed by atoms with E-state index in [-0.39, 0.29) is 5.41 Å². The molecule has 1 rings (SSSR count). The highest BCUT2D eigenvalue weighted by Crippen LogP contribution is 2.52. The lowest BCUT2D eigenvalue weighted by molar-refractivity contribution is -0.921. The van der Waals surface area contributed by atoms with Gasteiger partial charge in [0.05, 0.1) is 21.1 Å². The van der Waals surface area contributed by atoms with E-state index >= 15 is 0 Å². The molecular formula is C29H58NO2+. The molecule has 1 aliphatic carbocycles. The number of carbonyl (C=O) groups is 1. The van der Waals surface area contributed by atoms with E-state index in [2.05, 4.69) is 28.1 Å². The van der Waals surface area contributed by atoms with Crippen LogP contribution in [0.5, 0.6) is 0 Å². The fraction of sp³-hybridized carbons (Fsp3) is 0.966. The predicted octanol–water partition coefficient (Wildman–Crippen LogP) is 8.75. The Labute approximate surface area is 201 Å². The van der Waals surface area contributed by atoms with Gasteiger partial charge in [-0.1, -0.05) is 122 Å². The Morgan fingerprint density at radius 1 is 0.719 bits per heavy atom. The molecule has 0 aromatic rings. The van der Waals surface area contributed by atoms with Crippen LogP contribution in [0.3, 0.4) is 0 Å². The largest absolute Gasteiger partial charge is 0.477 e. The minimum atomic E-state index is -0.705. The van der Waals surface area contributed by atoms with E-state index in [1.54, 1.807) is 0 Å². The van der Waals surface area contributed by atoms with Crippen LogP contribution in [0.1, 0.15) is 149 Å². The molecule has 32 heavy (non-hydrogen) atoms. The van der Waals surface area contributed by atoms with Crippen molar-refractivity contribution in [2.75, 3.05) is 21.1 Å². The third-order valence-electron chi connectivity index (χ3n) is 8.86. The highest BCUT2D eigenvalue weighted by atomic mass is 16.4. The van der Waals surface area contributed by atoms with Gasteiger partial charge < -0.3 is 9.59 Å². The van der Waals surface area contributed by atoms with Gasteiger partial charge in [-0.25, -0.2) is 4.79 Å². The lowest BCUT2D eigenvalue weighted by atomic mass is 9.58. The molecule has 0 saturated heterocycles. The first-order chi connectivity index (χ1) is 15.2. The Bertz CT molecular complexity index is 490. The maximum absolute atomic E-state index is 12.5. The SMILES string of the molecule is CCCCCCCCCCCCCCCCCC1(C(C)(C(=O)O)[N+](C)(C)C)CCCCC1. The fourth-order valence-electron chi connectivity index (χ4n) is 6.27. The van der Waals surface area contributed by atoms with Crippen LogP contribution in [0.2, 0.25) is 0 Å². The molecule has 0 spiro atoms. The summed E-state index contributed by atoms with van der Waals surface area (Å²) in [7, 11) is 6.24. The number of nitrogens with zero attached hydrogens (tertiary/aromatic N) is 1. The van der Waals surface area contributed by atoms with E-state index in [9.17, 15) is 9.90 Å². The second kappa shape index (κ2) is 15.4. The van der Waals surface area contributed by atoms with Gasteiger partial charge in [-0.05, 0) is 19.3 Å². The summed E-state index contributed by atoms with van der Waals surface area (Å²) in [6.45, 7) is 4.32. The highest BCUT2D eigenvalue weighted by molar-refractivity contribution is 5.78. The molecule has 3 heteroatoms. The number of quaternary nitrogens is 1. The van der Waals surface area contributed by atoms with Gasteiger partial charge in [0, 0.05) is 12.3 Å². The Kier molecular flexibility index (Phi) is 14.1. The van der Waals surface area contributed by atoms with Crippen LogP contribution in [-0.2, 0) is 4.79 Å². The third-order valence-corrected chi connectivity index (χ3v) is 8.86. The summed E-state index contributed by atoms with van der Waals surface area (Å²) < 4.78 is 0.515. The molecule has 1 fully saturated rings. The molecule has 0 bridgehead atoms. The van der Waals surface area contributed by atoms with Gasteiger partial charge in [-0.3, -0.25) is 0 Å². The lowest BCUT2D eigenvalue weighted by Gasteiger charge is -2.54. The van der Waals surface area contributed by atoms with Crippen LogP contribution in [0, 0.1) is 5.41 Å².